The third kappa shape index (κ3) is 3.84. The Hall–Kier alpha value is -3.45. The van der Waals surface area contributed by atoms with Crippen LogP contribution in [0.25, 0.3) is 21.9 Å². The van der Waals surface area contributed by atoms with E-state index in [4.69, 9.17) is 4.42 Å². The zero-order valence-electron chi connectivity index (χ0n) is 17.4. The van der Waals surface area contributed by atoms with E-state index in [1.807, 2.05) is 19.1 Å². The van der Waals surface area contributed by atoms with Crippen LogP contribution in [0.4, 0.5) is 0 Å². The minimum atomic E-state index is -0.441. The minimum absolute atomic E-state index is 0.0544. The summed E-state index contributed by atoms with van der Waals surface area (Å²) >= 11 is 0. The average Bonchev–Trinajstić information content (AvgIpc) is 3.19. The summed E-state index contributed by atoms with van der Waals surface area (Å²) in [6.07, 6.45) is 2.51. The molecule has 0 spiro atoms. The summed E-state index contributed by atoms with van der Waals surface area (Å²) in [5.74, 6) is -0.128. The van der Waals surface area contributed by atoms with Gasteiger partial charge in [-0.15, -0.1) is 0 Å². The fraction of sp³-hybridized carbons (Fsp3) is 0.292. The van der Waals surface area contributed by atoms with E-state index in [-0.39, 0.29) is 12.5 Å². The highest BCUT2D eigenvalue weighted by atomic mass is 16.4. The Kier molecular flexibility index (Phi) is 5.03. The van der Waals surface area contributed by atoms with Gasteiger partial charge in [0.25, 0.3) is 0 Å². The van der Waals surface area contributed by atoms with E-state index < -0.39 is 5.63 Å². The van der Waals surface area contributed by atoms with Gasteiger partial charge in [-0.3, -0.25) is 14.4 Å². The van der Waals surface area contributed by atoms with E-state index in [2.05, 4.69) is 39.6 Å². The van der Waals surface area contributed by atoms with Crippen LogP contribution < -0.4 is 10.9 Å². The van der Waals surface area contributed by atoms with Gasteiger partial charge in [-0.05, 0) is 36.6 Å². The standard InChI is InChI=1S/C24H24N4O3/c1-16-6-7-21-19(12-16)23-20(24(30)31-21)13-26-28(23)15-22(29)25-9-11-27-10-8-17-4-2-3-5-18(17)14-27/h2-7,12-13H,8-11,14-15H2,1H3,(H,25,29). The van der Waals surface area contributed by atoms with Crippen molar-refractivity contribution in [3.05, 3.63) is 75.8 Å². The van der Waals surface area contributed by atoms with Crippen LogP contribution >= 0.6 is 0 Å². The van der Waals surface area contributed by atoms with E-state index >= 15 is 0 Å². The number of benzene rings is 2. The second kappa shape index (κ2) is 8.00. The summed E-state index contributed by atoms with van der Waals surface area (Å²) in [6.45, 7) is 5.31. The number of carbonyl (C=O) groups is 1. The van der Waals surface area contributed by atoms with Crippen molar-refractivity contribution in [2.75, 3.05) is 19.6 Å². The lowest BCUT2D eigenvalue weighted by Crippen LogP contribution is -2.38. The molecule has 7 heteroatoms. The van der Waals surface area contributed by atoms with Crippen LogP contribution in [0.3, 0.4) is 0 Å². The smallest absolute Gasteiger partial charge is 0.347 e. The fourth-order valence-corrected chi connectivity index (χ4v) is 4.30. The van der Waals surface area contributed by atoms with Crippen molar-refractivity contribution in [3.63, 3.8) is 0 Å². The van der Waals surface area contributed by atoms with Crippen molar-refractivity contribution in [2.45, 2.75) is 26.4 Å². The first-order valence-corrected chi connectivity index (χ1v) is 10.5. The van der Waals surface area contributed by atoms with Gasteiger partial charge in [-0.25, -0.2) is 4.79 Å². The Morgan fingerprint density at radius 1 is 1.16 bits per heavy atom. The Labute approximate surface area is 179 Å². The normalized spacial score (nSPS) is 14.1. The summed E-state index contributed by atoms with van der Waals surface area (Å²) in [5.41, 5.74) is 4.52. The van der Waals surface area contributed by atoms with E-state index in [0.29, 0.717) is 23.0 Å². The predicted molar refractivity (Wildman–Crippen MR) is 119 cm³/mol. The molecule has 0 unspecified atom stereocenters. The van der Waals surface area contributed by atoms with E-state index in [1.54, 1.807) is 10.7 Å². The van der Waals surface area contributed by atoms with Crippen LogP contribution in [0, 0.1) is 6.92 Å². The molecule has 1 N–H and O–H groups in total. The van der Waals surface area contributed by atoms with Crippen LogP contribution in [0.5, 0.6) is 0 Å². The Balaban J connectivity index is 1.26. The SMILES string of the molecule is Cc1ccc2oc(=O)c3cnn(CC(=O)NCCN4CCc5ccccc5C4)c3c2c1. The maximum Gasteiger partial charge on any atom is 0.347 e. The van der Waals surface area contributed by atoms with E-state index in [9.17, 15) is 9.59 Å². The lowest BCUT2D eigenvalue weighted by Gasteiger charge is -2.28. The number of nitrogens with one attached hydrogen (secondary N) is 1. The van der Waals surface area contributed by atoms with Crippen molar-refractivity contribution in [3.8, 4) is 0 Å². The molecule has 5 rings (SSSR count). The maximum absolute atomic E-state index is 12.6. The number of hydrogen-bond acceptors (Lipinski definition) is 5. The molecule has 31 heavy (non-hydrogen) atoms. The number of aryl methyl sites for hydroxylation is 1. The quantitative estimate of drug-likeness (QED) is 0.506. The van der Waals surface area contributed by atoms with Gasteiger partial charge < -0.3 is 9.73 Å². The number of nitrogens with zero attached hydrogens (tertiary/aromatic N) is 3. The molecule has 0 saturated carbocycles. The van der Waals surface area contributed by atoms with Crippen molar-refractivity contribution in [2.24, 2.45) is 0 Å². The molecule has 0 fully saturated rings. The Bertz CT molecular complexity index is 1340. The number of fused-ring (bicyclic) bond motifs is 4. The van der Waals surface area contributed by atoms with Crippen molar-refractivity contribution < 1.29 is 9.21 Å². The lowest BCUT2D eigenvalue weighted by molar-refractivity contribution is -0.121. The largest absolute Gasteiger partial charge is 0.422 e. The molecule has 0 bridgehead atoms. The number of aromatic nitrogens is 2. The van der Waals surface area contributed by atoms with Crippen molar-refractivity contribution in [1.29, 1.82) is 0 Å². The van der Waals surface area contributed by atoms with E-state index in [1.165, 1.54) is 17.3 Å². The highest BCUT2D eigenvalue weighted by Crippen LogP contribution is 2.23. The van der Waals surface area contributed by atoms with Crippen LogP contribution in [0.2, 0.25) is 0 Å². The molecule has 1 aliphatic rings. The molecule has 158 valence electrons. The number of hydrogen-bond donors (Lipinski definition) is 1. The molecule has 1 aliphatic heterocycles. The van der Waals surface area contributed by atoms with Crippen LogP contribution in [0.15, 0.2) is 57.9 Å². The molecule has 7 nitrogen and oxygen atoms in total. The minimum Gasteiger partial charge on any atom is -0.422 e. The first kappa shape index (κ1) is 19.5. The molecule has 4 aromatic rings. The zero-order chi connectivity index (χ0) is 21.4. The predicted octanol–water partition coefficient (Wildman–Crippen LogP) is 2.63. The summed E-state index contributed by atoms with van der Waals surface area (Å²) < 4.78 is 6.97. The van der Waals surface area contributed by atoms with Gasteiger partial charge in [0.15, 0.2) is 0 Å². The average molecular weight is 416 g/mol. The summed E-state index contributed by atoms with van der Waals surface area (Å²) in [5, 5.41) is 8.44. The lowest BCUT2D eigenvalue weighted by atomic mass is 10.00. The van der Waals surface area contributed by atoms with Gasteiger partial charge in [0.05, 0.1) is 11.7 Å². The summed E-state index contributed by atoms with van der Waals surface area (Å²) in [7, 11) is 0. The molecular weight excluding hydrogens is 392 g/mol. The fourth-order valence-electron chi connectivity index (χ4n) is 4.30. The number of amides is 1. The first-order chi connectivity index (χ1) is 15.1. The second-order valence-electron chi connectivity index (χ2n) is 8.10. The second-order valence-corrected chi connectivity index (χ2v) is 8.10. The van der Waals surface area contributed by atoms with Gasteiger partial charge in [0.1, 0.15) is 17.5 Å². The molecule has 2 aromatic carbocycles. The first-order valence-electron chi connectivity index (χ1n) is 10.5. The number of rotatable bonds is 5. The molecule has 1 amide bonds. The summed E-state index contributed by atoms with van der Waals surface area (Å²) in [6, 6.07) is 14.1. The molecule has 0 saturated heterocycles. The molecule has 0 radical (unpaired) electrons. The Morgan fingerprint density at radius 3 is 2.87 bits per heavy atom. The van der Waals surface area contributed by atoms with Crippen LogP contribution in [-0.4, -0.2) is 40.2 Å². The molecule has 0 atom stereocenters. The summed E-state index contributed by atoms with van der Waals surface area (Å²) in [4.78, 5) is 27.2. The highest BCUT2D eigenvalue weighted by molar-refractivity contribution is 6.02. The third-order valence-electron chi connectivity index (χ3n) is 5.91. The van der Waals surface area contributed by atoms with Gasteiger partial charge in [0, 0.05) is 31.6 Å². The monoisotopic (exact) mass is 416 g/mol. The van der Waals surface area contributed by atoms with Crippen molar-refractivity contribution >= 4 is 27.8 Å². The van der Waals surface area contributed by atoms with Crippen molar-refractivity contribution in [1.82, 2.24) is 20.0 Å². The molecule has 2 aromatic heterocycles. The van der Waals surface area contributed by atoms with Gasteiger partial charge in [-0.1, -0.05) is 35.9 Å². The Morgan fingerprint density at radius 2 is 2.00 bits per heavy atom. The zero-order valence-corrected chi connectivity index (χ0v) is 17.4. The van der Waals surface area contributed by atoms with Gasteiger partial charge in [-0.2, -0.15) is 5.10 Å². The maximum atomic E-state index is 12.6. The van der Waals surface area contributed by atoms with Crippen LogP contribution in [-0.2, 0) is 24.3 Å². The molecule has 0 aliphatic carbocycles. The molecular formula is C24H24N4O3. The van der Waals surface area contributed by atoms with E-state index in [0.717, 1.165) is 37.0 Å². The topological polar surface area (TPSA) is 80.4 Å². The highest BCUT2D eigenvalue weighted by Gasteiger charge is 2.17. The number of carbonyl (C=O) groups excluding carboxylic acids is 1. The van der Waals surface area contributed by atoms with Gasteiger partial charge in [0.2, 0.25) is 5.91 Å². The van der Waals surface area contributed by atoms with Gasteiger partial charge >= 0.3 is 5.63 Å². The molecule has 3 heterocycles. The van der Waals surface area contributed by atoms with Crippen LogP contribution in [0.1, 0.15) is 16.7 Å². The third-order valence-corrected chi connectivity index (χ3v) is 5.91.